The zero-order valence-corrected chi connectivity index (χ0v) is 15.8. The predicted octanol–water partition coefficient (Wildman–Crippen LogP) is 3.56. The first kappa shape index (κ1) is 19.3. The molecule has 2 aromatic carbocycles. The van der Waals surface area contributed by atoms with Gasteiger partial charge in [-0.3, -0.25) is 10.1 Å². The smallest absolute Gasteiger partial charge is 0.270 e. The standard InChI is InChI=1S/C20H22N4O4/c1-27-18-9-16(10-19(11-18)28-2)22-15-4-3-7-23(13-15)20-6-5-17(24(25)26)8-14(20)12-21/h5-6,8-11,15,22H,3-4,7,13H2,1-2H3. The highest BCUT2D eigenvalue weighted by molar-refractivity contribution is 5.63. The van der Waals surface area contributed by atoms with Gasteiger partial charge < -0.3 is 19.7 Å². The van der Waals surface area contributed by atoms with Crippen molar-refractivity contribution in [3.05, 3.63) is 52.1 Å². The zero-order valence-electron chi connectivity index (χ0n) is 15.8. The number of non-ortho nitro benzene ring substituents is 1. The summed E-state index contributed by atoms with van der Waals surface area (Å²) in [5.41, 5.74) is 1.86. The molecule has 0 radical (unpaired) electrons. The Bertz CT molecular complexity index is 887. The van der Waals surface area contributed by atoms with Crippen LogP contribution >= 0.6 is 0 Å². The molecule has 1 atom stereocenters. The minimum Gasteiger partial charge on any atom is -0.497 e. The summed E-state index contributed by atoms with van der Waals surface area (Å²) in [6.07, 6.45) is 1.92. The third kappa shape index (κ3) is 4.26. The van der Waals surface area contributed by atoms with Gasteiger partial charge >= 0.3 is 0 Å². The third-order valence-electron chi connectivity index (χ3n) is 4.80. The molecule has 1 N–H and O–H groups in total. The Kier molecular flexibility index (Phi) is 5.84. The Balaban J connectivity index is 1.78. The normalized spacial score (nSPS) is 16.2. The van der Waals surface area contributed by atoms with Crippen LogP contribution in [0.5, 0.6) is 11.5 Å². The van der Waals surface area contributed by atoms with E-state index < -0.39 is 4.92 Å². The number of piperidine rings is 1. The van der Waals surface area contributed by atoms with Crippen molar-refractivity contribution in [1.82, 2.24) is 0 Å². The van der Waals surface area contributed by atoms with Crippen LogP contribution < -0.4 is 19.7 Å². The van der Waals surface area contributed by atoms with Gasteiger partial charge in [0, 0.05) is 55.2 Å². The molecule has 0 aliphatic carbocycles. The summed E-state index contributed by atoms with van der Waals surface area (Å²) < 4.78 is 10.6. The molecule has 28 heavy (non-hydrogen) atoms. The third-order valence-corrected chi connectivity index (χ3v) is 4.80. The van der Waals surface area contributed by atoms with Crippen molar-refractivity contribution in [3.63, 3.8) is 0 Å². The van der Waals surface area contributed by atoms with E-state index in [-0.39, 0.29) is 11.7 Å². The number of nitro benzene ring substituents is 1. The first-order valence-electron chi connectivity index (χ1n) is 8.97. The van der Waals surface area contributed by atoms with E-state index in [1.54, 1.807) is 20.3 Å². The van der Waals surface area contributed by atoms with Crippen molar-refractivity contribution in [2.45, 2.75) is 18.9 Å². The number of hydrogen-bond donors (Lipinski definition) is 1. The lowest BCUT2D eigenvalue weighted by molar-refractivity contribution is -0.384. The second kappa shape index (κ2) is 8.48. The highest BCUT2D eigenvalue weighted by Gasteiger charge is 2.23. The Morgan fingerprint density at radius 2 is 1.93 bits per heavy atom. The molecule has 1 aliphatic heterocycles. The van der Waals surface area contributed by atoms with Gasteiger partial charge in [0.05, 0.1) is 30.4 Å². The van der Waals surface area contributed by atoms with Gasteiger partial charge in [-0.2, -0.15) is 5.26 Å². The molecule has 0 bridgehead atoms. The lowest BCUT2D eigenvalue weighted by atomic mass is 10.0. The lowest BCUT2D eigenvalue weighted by Gasteiger charge is -2.35. The average Bonchev–Trinajstić information content (AvgIpc) is 2.73. The van der Waals surface area contributed by atoms with Crippen LogP contribution in [-0.2, 0) is 0 Å². The molecule has 146 valence electrons. The molecule has 2 aromatic rings. The first-order valence-corrected chi connectivity index (χ1v) is 8.97. The minimum absolute atomic E-state index is 0.0736. The summed E-state index contributed by atoms with van der Waals surface area (Å²) in [6, 6.07) is 12.3. The van der Waals surface area contributed by atoms with E-state index in [4.69, 9.17) is 9.47 Å². The summed E-state index contributed by atoms with van der Waals surface area (Å²) in [5, 5.41) is 23.9. The predicted molar refractivity (Wildman–Crippen MR) is 106 cm³/mol. The van der Waals surface area contributed by atoms with E-state index in [0.717, 1.165) is 30.8 Å². The Hall–Kier alpha value is -3.47. The minimum atomic E-state index is -0.485. The molecular weight excluding hydrogens is 360 g/mol. The van der Waals surface area contributed by atoms with Crippen molar-refractivity contribution in [2.75, 3.05) is 37.5 Å². The fraction of sp³-hybridized carbons (Fsp3) is 0.350. The van der Waals surface area contributed by atoms with Crippen LogP contribution in [-0.4, -0.2) is 38.3 Å². The number of anilines is 2. The molecule has 8 nitrogen and oxygen atoms in total. The fourth-order valence-electron chi connectivity index (χ4n) is 3.44. The SMILES string of the molecule is COc1cc(NC2CCCN(c3ccc([N+](=O)[O-])cc3C#N)C2)cc(OC)c1. The molecule has 1 aliphatic rings. The maximum atomic E-state index is 11.0. The lowest BCUT2D eigenvalue weighted by Crippen LogP contribution is -2.42. The van der Waals surface area contributed by atoms with Crippen LogP contribution in [0.4, 0.5) is 17.1 Å². The van der Waals surface area contributed by atoms with Gasteiger partial charge in [-0.05, 0) is 18.9 Å². The van der Waals surface area contributed by atoms with E-state index >= 15 is 0 Å². The van der Waals surface area contributed by atoms with Crippen LogP contribution in [0.1, 0.15) is 18.4 Å². The largest absolute Gasteiger partial charge is 0.497 e. The number of nitriles is 1. The summed E-state index contributed by atoms with van der Waals surface area (Å²) in [6.45, 7) is 1.48. The van der Waals surface area contributed by atoms with Crippen LogP contribution in [0.3, 0.4) is 0 Å². The van der Waals surface area contributed by atoms with Gasteiger partial charge in [-0.15, -0.1) is 0 Å². The number of nitro groups is 1. The van der Waals surface area contributed by atoms with Crippen molar-refractivity contribution < 1.29 is 14.4 Å². The highest BCUT2D eigenvalue weighted by Crippen LogP contribution is 2.30. The van der Waals surface area contributed by atoms with Crippen LogP contribution in [0.2, 0.25) is 0 Å². The number of benzene rings is 2. The van der Waals surface area contributed by atoms with Gasteiger partial charge in [0.25, 0.3) is 5.69 Å². The van der Waals surface area contributed by atoms with E-state index in [1.807, 2.05) is 18.2 Å². The molecule has 1 saturated heterocycles. The molecule has 0 amide bonds. The van der Waals surface area contributed by atoms with Crippen LogP contribution in [0.25, 0.3) is 0 Å². The van der Waals surface area contributed by atoms with Crippen molar-refractivity contribution in [3.8, 4) is 17.6 Å². The number of rotatable bonds is 6. The van der Waals surface area contributed by atoms with Gasteiger partial charge in [-0.1, -0.05) is 0 Å². The Morgan fingerprint density at radius 3 is 2.54 bits per heavy atom. The average molecular weight is 382 g/mol. The maximum absolute atomic E-state index is 11.0. The van der Waals surface area contributed by atoms with E-state index in [1.165, 1.54) is 12.1 Å². The van der Waals surface area contributed by atoms with E-state index in [0.29, 0.717) is 23.6 Å². The first-order chi connectivity index (χ1) is 13.5. The summed E-state index contributed by atoms with van der Waals surface area (Å²) >= 11 is 0. The van der Waals surface area contributed by atoms with Gasteiger partial charge in [-0.25, -0.2) is 0 Å². The summed E-state index contributed by atoms with van der Waals surface area (Å²) in [4.78, 5) is 12.6. The quantitative estimate of drug-likeness (QED) is 0.602. The maximum Gasteiger partial charge on any atom is 0.270 e. The molecular formula is C20H22N4O4. The van der Waals surface area contributed by atoms with Gasteiger partial charge in [0.15, 0.2) is 0 Å². The van der Waals surface area contributed by atoms with Crippen LogP contribution in [0, 0.1) is 21.4 Å². The van der Waals surface area contributed by atoms with Crippen LogP contribution in [0.15, 0.2) is 36.4 Å². The number of nitrogens with one attached hydrogen (secondary N) is 1. The van der Waals surface area contributed by atoms with Crippen molar-refractivity contribution in [2.24, 2.45) is 0 Å². The molecule has 1 heterocycles. The van der Waals surface area contributed by atoms with E-state index in [9.17, 15) is 15.4 Å². The molecule has 0 saturated carbocycles. The molecule has 0 aromatic heterocycles. The van der Waals surface area contributed by atoms with Gasteiger partial charge in [0.2, 0.25) is 0 Å². The second-order valence-electron chi connectivity index (χ2n) is 6.60. The Labute approximate surface area is 163 Å². The molecule has 1 unspecified atom stereocenters. The number of ether oxygens (including phenoxy) is 2. The fourth-order valence-corrected chi connectivity index (χ4v) is 3.44. The molecule has 8 heteroatoms. The molecule has 1 fully saturated rings. The number of nitrogens with zero attached hydrogens (tertiary/aromatic N) is 3. The van der Waals surface area contributed by atoms with Crippen molar-refractivity contribution in [1.29, 1.82) is 5.26 Å². The number of methoxy groups -OCH3 is 2. The monoisotopic (exact) mass is 382 g/mol. The second-order valence-corrected chi connectivity index (χ2v) is 6.60. The zero-order chi connectivity index (χ0) is 20.1. The van der Waals surface area contributed by atoms with Gasteiger partial charge in [0.1, 0.15) is 17.6 Å². The highest BCUT2D eigenvalue weighted by atomic mass is 16.6. The topological polar surface area (TPSA) is 101 Å². The van der Waals surface area contributed by atoms with Crippen molar-refractivity contribution >= 4 is 17.1 Å². The molecule has 0 spiro atoms. The van der Waals surface area contributed by atoms with E-state index in [2.05, 4.69) is 16.3 Å². The Morgan fingerprint density at radius 1 is 1.21 bits per heavy atom. The summed E-state index contributed by atoms with van der Waals surface area (Å²) in [7, 11) is 3.22. The number of hydrogen-bond acceptors (Lipinski definition) is 7. The summed E-state index contributed by atoms with van der Waals surface area (Å²) in [5.74, 6) is 1.41. The molecule has 3 rings (SSSR count).